The summed E-state index contributed by atoms with van der Waals surface area (Å²) in [6, 6.07) is 17.0. The first kappa shape index (κ1) is 14.6. The van der Waals surface area contributed by atoms with Gasteiger partial charge in [-0.05, 0) is 36.4 Å². The number of rotatable bonds is 4. The lowest BCUT2D eigenvalue weighted by molar-refractivity contribution is 0.404. The van der Waals surface area contributed by atoms with Gasteiger partial charge in [0.15, 0.2) is 11.5 Å². The Hall–Kier alpha value is -3.34. The molecule has 23 heavy (non-hydrogen) atoms. The molecule has 3 aromatic carbocycles. The van der Waals surface area contributed by atoms with Crippen molar-refractivity contribution in [2.45, 2.75) is 0 Å². The maximum absolute atomic E-state index is 9.66. The van der Waals surface area contributed by atoms with E-state index in [1.165, 1.54) is 36.4 Å². The molecule has 0 aliphatic heterocycles. The molecule has 0 unspecified atom stereocenters. The van der Waals surface area contributed by atoms with Crippen LogP contribution in [0.25, 0.3) is 0 Å². The van der Waals surface area contributed by atoms with Crippen LogP contribution in [0.3, 0.4) is 0 Å². The van der Waals surface area contributed by atoms with Gasteiger partial charge in [0.1, 0.15) is 28.7 Å². The third-order valence-electron chi connectivity index (χ3n) is 3.02. The molecule has 0 aliphatic carbocycles. The van der Waals surface area contributed by atoms with E-state index in [1.807, 2.05) is 0 Å². The SMILES string of the molecule is Oc1cccc(Oc2ccc(O)cc2Oc2cccc(O)c2)c1. The number of ether oxygens (including phenoxy) is 2. The molecule has 0 saturated heterocycles. The second kappa shape index (κ2) is 6.19. The summed E-state index contributed by atoms with van der Waals surface area (Å²) in [5.41, 5.74) is 0. The van der Waals surface area contributed by atoms with Crippen molar-refractivity contribution in [3.8, 4) is 40.2 Å². The van der Waals surface area contributed by atoms with Gasteiger partial charge in [0.2, 0.25) is 0 Å². The molecule has 0 spiro atoms. The fraction of sp³-hybridized carbons (Fsp3) is 0. The van der Waals surface area contributed by atoms with Gasteiger partial charge in [-0.25, -0.2) is 0 Å². The van der Waals surface area contributed by atoms with Crippen LogP contribution in [0.4, 0.5) is 0 Å². The topological polar surface area (TPSA) is 79.2 Å². The Bertz CT molecular complexity index is 829. The molecule has 0 aromatic heterocycles. The number of benzene rings is 3. The molecule has 3 N–H and O–H groups in total. The van der Waals surface area contributed by atoms with Crippen LogP contribution in [0.5, 0.6) is 40.2 Å². The van der Waals surface area contributed by atoms with Crippen molar-refractivity contribution in [2.75, 3.05) is 0 Å². The second-order valence-electron chi connectivity index (χ2n) is 4.83. The number of phenolic OH excluding ortho intramolecular Hbond substituents is 3. The fourth-order valence-corrected chi connectivity index (χ4v) is 2.01. The zero-order valence-electron chi connectivity index (χ0n) is 12.0. The van der Waals surface area contributed by atoms with Crippen molar-refractivity contribution in [1.29, 1.82) is 0 Å². The Morgan fingerprint density at radius 2 is 1.04 bits per heavy atom. The maximum atomic E-state index is 9.66. The molecule has 0 saturated carbocycles. The summed E-state index contributed by atoms with van der Waals surface area (Å²) >= 11 is 0. The van der Waals surface area contributed by atoms with Crippen molar-refractivity contribution in [1.82, 2.24) is 0 Å². The van der Waals surface area contributed by atoms with Crippen LogP contribution in [0.1, 0.15) is 0 Å². The summed E-state index contributed by atoms with van der Waals surface area (Å²) in [5, 5.41) is 28.6. The molecule has 0 heterocycles. The van der Waals surface area contributed by atoms with Crippen LogP contribution in [0.15, 0.2) is 66.7 Å². The van der Waals surface area contributed by atoms with Gasteiger partial charge in [-0.3, -0.25) is 0 Å². The minimum Gasteiger partial charge on any atom is -0.508 e. The molecule has 3 rings (SSSR count). The van der Waals surface area contributed by atoms with Crippen LogP contribution in [-0.2, 0) is 0 Å². The third kappa shape index (κ3) is 3.65. The molecule has 5 nitrogen and oxygen atoms in total. The van der Waals surface area contributed by atoms with Gasteiger partial charge in [-0.15, -0.1) is 0 Å². The van der Waals surface area contributed by atoms with Gasteiger partial charge in [0.25, 0.3) is 0 Å². The Kier molecular flexibility index (Phi) is 3.93. The first-order chi connectivity index (χ1) is 11.1. The quantitative estimate of drug-likeness (QED) is 0.666. The smallest absolute Gasteiger partial charge is 0.173 e. The number of aromatic hydroxyl groups is 3. The summed E-state index contributed by atoms with van der Waals surface area (Å²) < 4.78 is 11.4. The number of hydrogen-bond donors (Lipinski definition) is 3. The molecule has 3 aromatic rings. The summed E-state index contributed by atoms with van der Waals surface area (Å²) in [6.07, 6.45) is 0. The van der Waals surface area contributed by atoms with E-state index in [2.05, 4.69) is 0 Å². The Morgan fingerprint density at radius 1 is 0.522 bits per heavy atom. The predicted octanol–water partition coefficient (Wildman–Crippen LogP) is 4.39. The van der Waals surface area contributed by atoms with Crippen LogP contribution in [0, 0.1) is 0 Å². The van der Waals surface area contributed by atoms with Gasteiger partial charge in [0, 0.05) is 18.2 Å². The molecule has 0 fully saturated rings. The van der Waals surface area contributed by atoms with E-state index in [0.29, 0.717) is 17.2 Å². The standard InChI is InChI=1S/C18H14O5/c19-12-3-1-5-15(9-12)22-17-8-7-14(21)11-18(17)23-16-6-2-4-13(20)10-16/h1-11,19-21H. The van der Waals surface area contributed by atoms with Gasteiger partial charge in [-0.2, -0.15) is 0 Å². The molecule has 0 amide bonds. The van der Waals surface area contributed by atoms with Crippen molar-refractivity contribution < 1.29 is 24.8 Å². The van der Waals surface area contributed by atoms with Gasteiger partial charge in [0.05, 0.1) is 0 Å². The second-order valence-corrected chi connectivity index (χ2v) is 4.83. The molecular weight excluding hydrogens is 296 g/mol. The average Bonchev–Trinajstić information content (AvgIpc) is 2.50. The highest BCUT2D eigenvalue weighted by Crippen LogP contribution is 2.38. The minimum atomic E-state index is 0.0170. The normalized spacial score (nSPS) is 10.3. The molecule has 0 aliphatic rings. The monoisotopic (exact) mass is 310 g/mol. The van der Waals surface area contributed by atoms with Crippen LogP contribution >= 0.6 is 0 Å². The van der Waals surface area contributed by atoms with Gasteiger partial charge in [-0.1, -0.05) is 12.1 Å². The Morgan fingerprint density at radius 3 is 1.61 bits per heavy atom. The molecular formula is C18H14O5. The maximum Gasteiger partial charge on any atom is 0.173 e. The van der Waals surface area contributed by atoms with Gasteiger partial charge < -0.3 is 24.8 Å². The van der Waals surface area contributed by atoms with Crippen LogP contribution in [-0.4, -0.2) is 15.3 Å². The van der Waals surface area contributed by atoms with E-state index in [4.69, 9.17) is 9.47 Å². The molecule has 0 radical (unpaired) electrons. The van der Waals surface area contributed by atoms with E-state index >= 15 is 0 Å². The van der Waals surface area contributed by atoms with Crippen molar-refractivity contribution >= 4 is 0 Å². The van der Waals surface area contributed by atoms with Crippen molar-refractivity contribution in [3.63, 3.8) is 0 Å². The van der Waals surface area contributed by atoms with Crippen LogP contribution < -0.4 is 9.47 Å². The summed E-state index contributed by atoms with van der Waals surface area (Å²) in [7, 11) is 0. The summed E-state index contributed by atoms with van der Waals surface area (Å²) in [6.45, 7) is 0. The number of hydrogen-bond acceptors (Lipinski definition) is 5. The number of phenols is 3. The summed E-state index contributed by atoms with van der Waals surface area (Å²) in [5.74, 6) is 1.63. The lowest BCUT2D eigenvalue weighted by atomic mass is 10.2. The highest BCUT2D eigenvalue weighted by atomic mass is 16.5. The van der Waals surface area contributed by atoms with Crippen LogP contribution in [0.2, 0.25) is 0 Å². The van der Waals surface area contributed by atoms with Crippen molar-refractivity contribution in [3.05, 3.63) is 66.7 Å². The van der Waals surface area contributed by atoms with E-state index in [1.54, 1.807) is 30.3 Å². The first-order valence-electron chi connectivity index (χ1n) is 6.87. The lowest BCUT2D eigenvalue weighted by Crippen LogP contribution is -1.90. The predicted molar refractivity (Wildman–Crippen MR) is 84.5 cm³/mol. The Labute approximate surface area is 132 Å². The van der Waals surface area contributed by atoms with E-state index < -0.39 is 0 Å². The fourth-order valence-electron chi connectivity index (χ4n) is 2.01. The molecule has 5 heteroatoms. The largest absolute Gasteiger partial charge is 0.508 e. The highest BCUT2D eigenvalue weighted by Gasteiger charge is 2.10. The molecule has 0 bridgehead atoms. The van der Waals surface area contributed by atoms with E-state index in [-0.39, 0.29) is 23.0 Å². The van der Waals surface area contributed by atoms with Crippen molar-refractivity contribution in [2.24, 2.45) is 0 Å². The molecule has 0 atom stereocenters. The third-order valence-corrected chi connectivity index (χ3v) is 3.02. The van der Waals surface area contributed by atoms with E-state index in [0.717, 1.165) is 0 Å². The van der Waals surface area contributed by atoms with E-state index in [9.17, 15) is 15.3 Å². The highest BCUT2D eigenvalue weighted by molar-refractivity contribution is 5.50. The lowest BCUT2D eigenvalue weighted by Gasteiger charge is -2.13. The minimum absolute atomic E-state index is 0.0170. The summed E-state index contributed by atoms with van der Waals surface area (Å²) in [4.78, 5) is 0. The zero-order chi connectivity index (χ0) is 16.2. The average molecular weight is 310 g/mol. The molecule has 116 valence electrons. The van der Waals surface area contributed by atoms with Gasteiger partial charge >= 0.3 is 0 Å². The zero-order valence-corrected chi connectivity index (χ0v) is 12.0. The Balaban J connectivity index is 1.91. The first-order valence-corrected chi connectivity index (χ1v) is 6.87.